The first-order chi connectivity index (χ1) is 14.7. The minimum atomic E-state index is -0.398. The van der Waals surface area contributed by atoms with Crippen LogP contribution in [0.3, 0.4) is 0 Å². The van der Waals surface area contributed by atoms with E-state index in [9.17, 15) is 9.59 Å². The molecule has 0 aromatic carbocycles. The van der Waals surface area contributed by atoms with Crippen molar-refractivity contribution >= 4 is 11.6 Å². The molecule has 32 heavy (non-hydrogen) atoms. The topological polar surface area (TPSA) is 60.2 Å². The number of Topliss-reactive ketones (excluding diaryl/α,β-unsaturated/α-hetero) is 2. The average molecular weight is 440 g/mol. The predicted molar refractivity (Wildman–Crippen MR) is 129 cm³/mol. The molecule has 0 bridgehead atoms. The van der Waals surface area contributed by atoms with Crippen LogP contribution in [0.5, 0.6) is 0 Å². The Morgan fingerprint density at radius 1 is 0.844 bits per heavy atom. The summed E-state index contributed by atoms with van der Waals surface area (Å²) in [4.78, 5) is 26.0. The second-order valence-electron chi connectivity index (χ2n) is 14.0. The normalized spacial score (nSPS) is 50.1. The zero-order valence-electron chi connectivity index (χ0n) is 21.6. The highest BCUT2D eigenvalue weighted by molar-refractivity contribution is 6.01. The van der Waals surface area contributed by atoms with Crippen LogP contribution in [-0.2, 0) is 9.59 Å². The Bertz CT molecular complexity index is 914. The number of carbonyl (C=O) groups excluding carboxylic acids is 2. The maximum atomic E-state index is 13.1. The third-order valence-electron chi connectivity index (χ3n) is 12.2. The van der Waals surface area contributed by atoms with Gasteiger partial charge in [0.15, 0.2) is 5.78 Å². The molecule has 0 radical (unpaired) electrons. The summed E-state index contributed by atoms with van der Waals surface area (Å²) in [5.41, 5.74) is 9.51. The predicted octanol–water partition coefficient (Wildman–Crippen LogP) is 6.25. The van der Waals surface area contributed by atoms with E-state index in [-0.39, 0.29) is 27.6 Å². The minimum absolute atomic E-state index is 0.179. The maximum Gasteiger partial charge on any atom is 0.161 e. The van der Waals surface area contributed by atoms with Crippen molar-refractivity contribution < 1.29 is 9.59 Å². The number of ketones is 2. The van der Waals surface area contributed by atoms with Crippen molar-refractivity contribution in [2.75, 3.05) is 0 Å². The second kappa shape index (κ2) is 6.58. The summed E-state index contributed by atoms with van der Waals surface area (Å²) in [6.45, 7) is 16.5. The van der Waals surface area contributed by atoms with Crippen molar-refractivity contribution in [3.05, 3.63) is 11.1 Å². The van der Waals surface area contributed by atoms with Gasteiger partial charge in [-0.2, -0.15) is 0 Å². The zero-order valence-corrected chi connectivity index (χ0v) is 21.6. The molecule has 0 heterocycles. The molecule has 4 saturated carbocycles. The molecule has 0 saturated heterocycles. The van der Waals surface area contributed by atoms with E-state index in [0.717, 1.165) is 44.1 Å². The molecular weight excluding hydrogens is 394 g/mol. The highest BCUT2D eigenvalue weighted by Gasteiger charge is 2.69. The average Bonchev–Trinajstić information content (AvgIpc) is 2.96. The van der Waals surface area contributed by atoms with Crippen LogP contribution < -0.4 is 5.73 Å². The molecule has 7 atom stereocenters. The molecule has 178 valence electrons. The van der Waals surface area contributed by atoms with Crippen molar-refractivity contribution in [1.82, 2.24) is 0 Å². The lowest BCUT2D eigenvalue weighted by Crippen LogP contribution is -2.66. The van der Waals surface area contributed by atoms with Crippen LogP contribution in [-0.4, -0.2) is 17.1 Å². The summed E-state index contributed by atoms with van der Waals surface area (Å²) in [5.74, 6) is 2.62. The van der Waals surface area contributed by atoms with Gasteiger partial charge in [-0.25, -0.2) is 0 Å². The van der Waals surface area contributed by atoms with E-state index in [2.05, 4.69) is 48.5 Å². The monoisotopic (exact) mass is 439 g/mol. The summed E-state index contributed by atoms with van der Waals surface area (Å²) in [5, 5.41) is 0. The summed E-state index contributed by atoms with van der Waals surface area (Å²) >= 11 is 0. The van der Waals surface area contributed by atoms with Crippen molar-refractivity contribution in [2.24, 2.45) is 51.1 Å². The molecule has 0 spiro atoms. The van der Waals surface area contributed by atoms with E-state index < -0.39 is 5.54 Å². The first kappa shape index (κ1) is 22.8. The summed E-state index contributed by atoms with van der Waals surface area (Å²) in [6.07, 6.45) is 9.15. The van der Waals surface area contributed by atoms with Crippen LogP contribution in [0, 0.1) is 45.3 Å². The molecule has 3 heteroatoms. The van der Waals surface area contributed by atoms with E-state index >= 15 is 0 Å². The lowest BCUT2D eigenvalue weighted by molar-refractivity contribution is -0.208. The molecule has 5 aliphatic carbocycles. The Hall–Kier alpha value is -0.960. The van der Waals surface area contributed by atoms with Crippen molar-refractivity contribution in [3.63, 3.8) is 0 Å². The van der Waals surface area contributed by atoms with E-state index in [1.807, 2.05) is 0 Å². The Labute approximate surface area is 195 Å². The molecule has 0 unspecified atom stereocenters. The van der Waals surface area contributed by atoms with Gasteiger partial charge in [0, 0.05) is 23.8 Å². The Morgan fingerprint density at radius 2 is 1.53 bits per heavy atom. The summed E-state index contributed by atoms with van der Waals surface area (Å²) in [6, 6.07) is 0. The number of rotatable bonds is 1. The van der Waals surface area contributed by atoms with Crippen LogP contribution in [0.1, 0.15) is 106 Å². The van der Waals surface area contributed by atoms with Gasteiger partial charge in [0.25, 0.3) is 0 Å². The number of carbonyl (C=O) groups is 2. The third kappa shape index (κ3) is 2.53. The van der Waals surface area contributed by atoms with Gasteiger partial charge in [-0.15, -0.1) is 0 Å². The van der Waals surface area contributed by atoms with Gasteiger partial charge < -0.3 is 5.73 Å². The van der Waals surface area contributed by atoms with Gasteiger partial charge in [0.05, 0.1) is 0 Å². The van der Waals surface area contributed by atoms with Crippen molar-refractivity contribution in [1.29, 1.82) is 0 Å². The first-order valence-electron chi connectivity index (χ1n) is 13.3. The fourth-order valence-corrected chi connectivity index (χ4v) is 10.4. The lowest BCUT2D eigenvalue weighted by atomic mass is 9.33. The Kier molecular flexibility index (Phi) is 4.69. The SMILES string of the molecule is CC(C)C1=C2[C@H]3CC[C@@H]4[C@@]5(C)CCC(=O)C(C)(C)[C@@H]5CC[C@@]4(C)[C@]3(C)CC[C@@]2(N)CC1=O. The maximum absolute atomic E-state index is 13.1. The van der Waals surface area contributed by atoms with Crippen LogP contribution in [0.4, 0.5) is 0 Å². The smallest absolute Gasteiger partial charge is 0.161 e. The zero-order chi connectivity index (χ0) is 23.5. The van der Waals surface area contributed by atoms with E-state index in [1.54, 1.807) is 0 Å². The number of allylic oxidation sites excluding steroid dienone is 1. The van der Waals surface area contributed by atoms with E-state index in [1.165, 1.54) is 18.4 Å². The fraction of sp³-hybridized carbons (Fsp3) is 0.862. The van der Waals surface area contributed by atoms with Crippen LogP contribution >= 0.6 is 0 Å². The molecule has 0 aromatic rings. The summed E-state index contributed by atoms with van der Waals surface area (Å²) < 4.78 is 0. The number of nitrogens with two attached hydrogens (primary N) is 1. The molecule has 5 aliphatic rings. The largest absolute Gasteiger partial charge is 0.321 e. The van der Waals surface area contributed by atoms with Gasteiger partial charge >= 0.3 is 0 Å². The van der Waals surface area contributed by atoms with Crippen molar-refractivity contribution in [3.8, 4) is 0 Å². The quantitative estimate of drug-likeness (QED) is 0.525. The summed E-state index contributed by atoms with van der Waals surface area (Å²) in [7, 11) is 0. The molecule has 0 aliphatic heterocycles. The minimum Gasteiger partial charge on any atom is -0.321 e. The highest BCUT2D eigenvalue weighted by atomic mass is 16.1. The molecular formula is C29H45NO2. The lowest BCUT2D eigenvalue weighted by Gasteiger charge is -2.71. The third-order valence-corrected chi connectivity index (χ3v) is 12.2. The molecule has 4 fully saturated rings. The van der Waals surface area contributed by atoms with Crippen molar-refractivity contribution in [2.45, 2.75) is 112 Å². The fourth-order valence-electron chi connectivity index (χ4n) is 10.4. The number of hydrogen-bond acceptors (Lipinski definition) is 3. The number of fused-ring (bicyclic) bond motifs is 7. The Morgan fingerprint density at radius 3 is 2.19 bits per heavy atom. The Balaban J connectivity index is 1.60. The standard InChI is InChI=1S/C29H45NO2/c1-17(2)23-19(31)16-29(30)15-14-27(6)18(24(23)29)8-9-21-26(5)12-11-22(32)25(3,4)20(26)10-13-28(21,27)7/h17-18,20-21H,8-16,30H2,1-7H3/t18-,20+,21-,26+,27-,28-,29-/m1/s1. The van der Waals surface area contributed by atoms with Crippen LogP contribution in [0.2, 0.25) is 0 Å². The van der Waals surface area contributed by atoms with Gasteiger partial charge in [-0.1, -0.05) is 48.5 Å². The molecule has 3 nitrogen and oxygen atoms in total. The molecule has 5 rings (SSSR count). The molecule has 2 N–H and O–H groups in total. The molecule has 0 amide bonds. The second-order valence-corrected chi connectivity index (χ2v) is 14.0. The highest BCUT2D eigenvalue weighted by Crippen LogP contribution is 2.75. The first-order valence-corrected chi connectivity index (χ1v) is 13.3. The van der Waals surface area contributed by atoms with Gasteiger partial charge in [-0.05, 0) is 96.0 Å². The van der Waals surface area contributed by atoms with Crippen LogP contribution in [0.15, 0.2) is 11.1 Å². The molecule has 0 aromatic heterocycles. The van der Waals surface area contributed by atoms with E-state index in [0.29, 0.717) is 35.7 Å². The van der Waals surface area contributed by atoms with Gasteiger partial charge in [-0.3, -0.25) is 9.59 Å². The van der Waals surface area contributed by atoms with E-state index in [4.69, 9.17) is 5.73 Å². The van der Waals surface area contributed by atoms with Gasteiger partial charge in [0.2, 0.25) is 0 Å². The van der Waals surface area contributed by atoms with Crippen LogP contribution in [0.25, 0.3) is 0 Å². The van der Waals surface area contributed by atoms with Gasteiger partial charge in [0.1, 0.15) is 5.78 Å². The number of hydrogen-bond donors (Lipinski definition) is 1.